The summed E-state index contributed by atoms with van der Waals surface area (Å²) < 4.78 is 13.9. The Labute approximate surface area is 192 Å². The minimum atomic E-state index is -0.479. The van der Waals surface area contributed by atoms with Crippen molar-refractivity contribution in [1.82, 2.24) is 9.97 Å². The summed E-state index contributed by atoms with van der Waals surface area (Å²) >= 11 is 5.89. The summed E-state index contributed by atoms with van der Waals surface area (Å²) in [5.41, 5.74) is 1.59. The number of hydrogen-bond donors (Lipinski definition) is 1. The van der Waals surface area contributed by atoms with Crippen LogP contribution in [0, 0.1) is 29.0 Å². The number of amides is 1. The van der Waals surface area contributed by atoms with Crippen LogP contribution in [0.5, 0.6) is 0 Å². The molecule has 0 aliphatic heterocycles. The molecule has 2 aliphatic carbocycles. The molecule has 2 aromatic heterocycles. The number of nitrogens with zero attached hydrogens (tertiary/aromatic N) is 2. The molecule has 1 amide bonds. The molecule has 1 aromatic carbocycles. The smallest absolute Gasteiger partial charge is 0.231 e. The average molecular weight is 452 g/mol. The van der Waals surface area contributed by atoms with Crippen molar-refractivity contribution in [2.45, 2.75) is 45.4 Å². The second-order valence-corrected chi connectivity index (χ2v) is 10.4. The molecule has 2 aliphatic rings. The number of nitrogens with one attached hydrogen (secondary N) is 1. The van der Waals surface area contributed by atoms with Crippen molar-refractivity contribution in [3.8, 4) is 0 Å². The first-order valence-electron chi connectivity index (χ1n) is 11.3. The van der Waals surface area contributed by atoms with Crippen molar-refractivity contribution in [3.63, 3.8) is 0 Å². The number of aromatic nitrogens is 2. The first-order valence-corrected chi connectivity index (χ1v) is 11.7. The third-order valence-electron chi connectivity index (χ3n) is 7.77. The normalized spacial score (nSPS) is 25.1. The highest BCUT2D eigenvalue weighted by atomic mass is 35.5. The molecule has 0 spiro atoms. The van der Waals surface area contributed by atoms with Gasteiger partial charge in [0.1, 0.15) is 11.6 Å². The van der Waals surface area contributed by atoms with E-state index >= 15 is 0 Å². The van der Waals surface area contributed by atoms with E-state index in [4.69, 9.17) is 11.6 Å². The summed E-state index contributed by atoms with van der Waals surface area (Å²) in [6.07, 6.45) is 7.66. The highest BCUT2D eigenvalue weighted by Crippen LogP contribution is 2.56. The van der Waals surface area contributed by atoms with Gasteiger partial charge in [-0.15, -0.1) is 0 Å². The minimum Gasteiger partial charge on any atom is -0.310 e. The molecule has 32 heavy (non-hydrogen) atoms. The van der Waals surface area contributed by atoms with Crippen molar-refractivity contribution in [2.75, 3.05) is 5.32 Å². The fraction of sp³-hybridized carbons (Fsp3) is 0.423. The van der Waals surface area contributed by atoms with Crippen LogP contribution >= 0.6 is 11.6 Å². The van der Waals surface area contributed by atoms with Gasteiger partial charge >= 0.3 is 0 Å². The average Bonchev–Trinajstić information content (AvgIpc) is 3.34. The largest absolute Gasteiger partial charge is 0.310 e. The Morgan fingerprint density at radius 1 is 1.06 bits per heavy atom. The van der Waals surface area contributed by atoms with Crippen LogP contribution < -0.4 is 5.32 Å². The highest BCUT2D eigenvalue weighted by Gasteiger charge is 2.49. The lowest BCUT2D eigenvalue weighted by molar-refractivity contribution is -0.126. The lowest BCUT2D eigenvalue weighted by atomic mass is 9.75. The van der Waals surface area contributed by atoms with Gasteiger partial charge in [-0.2, -0.15) is 0 Å². The number of fused-ring (bicyclic) bond motifs is 2. The van der Waals surface area contributed by atoms with Crippen molar-refractivity contribution >= 4 is 34.2 Å². The number of halogens is 2. The van der Waals surface area contributed by atoms with Crippen LogP contribution in [0.1, 0.15) is 51.0 Å². The highest BCUT2D eigenvalue weighted by molar-refractivity contribution is 6.30. The molecule has 4 atom stereocenters. The molecular weight excluding hydrogens is 425 g/mol. The molecule has 0 radical (unpaired) electrons. The quantitative estimate of drug-likeness (QED) is 0.485. The molecule has 166 valence electrons. The SMILES string of the molecule is CC(C)(C(=O)Nc1ccc(Cl)cn1)C1CC2CC(c3ccnc4ccc(F)cc34)C[C@@H]2C1. The summed E-state index contributed by atoms with van der Waals surface area (Å²) in [6.45, 7) is 4.08. The Morgan fingerprint density at radius 3 is 2.50 bits per heavy atom. The second kappa shape index (κ2) is 8.11. The summed E-state index contributed by atoms with van der Waals surface area (Å²) in [4.78, 5) is 21.7. The zero-order chi connectivity index (χ0) is 22.5. The second-order valence-electron chi connectivity index (χ2n) is 9.96. The first kappa shape index (κ1) is 21.3. The standard InChI is InChI=1S/C26H27ClFN3O/c1-26(2,25(32)31-24-6-3-19(27)14-30-24)18-11-15-9-17(10-16(15)12-18)21-7-8-29-23-5-4-20(28)13-22(21)23/h3-8,13-18H,9-12H2,1-2H3,(H,30,31,32)/t15-,16?,17?,18?/m1/s1. The van der Waals surface area contributed by atoms with Gasteiger partial charge in [0.2, 0.25) is 5.91 Å². The van der Waals surface area contributed by atoms with E-state index in [2.05, 4.69) is 21.4 Å². The van der Waals surface area contributed by atoms with Crippen molar-refractivity contribution < 1.29 is 9.18 Å². The predicted molar refractivity (Wildman–Crippen MR) is 125 cm³/mol. The predicted octanol–water partition coefficient (Wildman–Crippen LogP) is 6.61. The van der Waals surface area contributed by atoms with Gasteiger partial charge in [-0.3, -0.25) is 9.78 Å². The van der Waals surface area contributed by atoms with Crippen molar-refractivity contribution in [1.29, 1.82) is 0 Å². The summed E-state index contributed by atoms with van der Waals surface area (Å²) in [7, 11) is 0. The maximum Gasteiger partial charge on any atom is 0.231 e. The van der Waals surface area contributed by atoms with Gasteiger partial charge in [-0.1, -0.05) is 25.4 Å². The van der Waals surface area contributed by atoms with Crippen LogP contribution in [0.3, 0.4) is 0 Å². The van der Waals surface area contributed by atoms with Crippen molar-refractivity contribution in [2.24, 2.45) is 23.2 Å². The zero-order valence-electron chi connectivity index (χ0n) is 18.3. The van der Waals surface area contributed by atoms with Gasteiger partial charge in [0, 0.05) is 23.2 Å². The zero-order valence-corrected chi connectivity index (χ0v) is 19.1. The molecule has 6 heteroatoms. The van der Waals surface area contributed by atoms with E-state index in [9.17, 15) is 9.18 Å². The monoisotopic (exact) mass is 451 g/mol. The van der Waals surface area contributed by atoms with Gasteiger partial charge < -0.3 is 5.32 Å². The van der Waals surface area contributed by atoms with Gasteiger partial charge in [0.05, 0.1) is 10.5 Å². The van der Waals surface area contributed by atoms with E-state index in [0.717, 1.165) is 36.6 Å². The van der Waals surface area contributed by atoms with Gasteiger partial charge in [-0.25, -0.2) is 9.37 Å². The minimum absolute atomic E-state index is 0.00412. The molecule has 5 rings (SSSR count). The van der Waals surface area contributed by atoms with E-state index < -0.39 is 5.41 Å². The van der Waals surface area contributed by atoms with E-state index in [-0.39, 0.29) is 11.7 Å². The van der Waals surface area contributed by atoms with Crippen LogP contribution in [-0.4, -0.2) is 15.9 Å². The Morgan fingerprint density at radius 2 is 1.81 bits per heavy atom. The number of hydrogen-bond acceptors (Lipinski definition) is 3. The summed E-state index contributed by atoms with van der Waals surface area (Å²) in [5, 5.41) is 4.44. The number of benzene rings is 1. The number of anilines is 1. The maximum absolute atomic E-state index is 13.9. The van der Waals surface area contributed by atoms with Gasteiger partial charge in [0.15, 0.2) is 0 Å². The fourth-order valence-electron chi connectivity index (χ4n) is 5.87. The molecule has 4 nitrogen and oxygen atoms in total. The lowest BCUT2D eigenvalue weighted by Crippen LogP contribution is -2.37. The van der Waals surface area contributed by atoms with Crippen molar-refractivity contribution in [3.05, 3.63) is 65.2 Å². The molecule has 0 bridgehead atoms. The molecule has 1 N–H and O–H groups in total. The van der Waals surface area contributed by atoms with E-state index in [1.807, 2.05) is 20.0 Å². The lowest BCUT2D eigenvalue weighted by Gasteiger charge is -2.31. The molecule has 2 heterocycles. The molecule has 0 saturated heterocycles. The number of carbonyl (C=O) groups excluding carboxylic acids is 1. The van der Waals surface area contributed by atoms with Crippen LogP contribution in [0.15, 0.2) is 48.8 Å². The van der Waals surface area contributed by atoms with E-state index in [0.29, 0.717) is 34.5 Å². The van der Waals surface area contributed by atoms with Crippen LogP contribution in [0.25, 0.3) is 10.9 Å². The maximum atomic E-state index is 13.9. The Balaban J connectivity index is 1.28. The van der Waals surface area contributed by atoms with E-state index in [1.54, 1.807) is 30.5 Å². The molecule has 3 unspecified atom stereocenters. The number of rotatable bonds is 4. The number of pyridine rings is 2. The molecule has 2 fully saturated rings. The fourth-order valence-corrected chi connectivity index (χ4v) is 5.98. The van der Waals surface area contributed by atoms with Crippen LogP contribution in [0.4, 0.5) is 10.2 Å². The number of carbonyl (C=O) groups is 1. The Bertz CT molecular complexity index is 1150. The summed E-state index contributed by atoms with van der Waals surface area (Å²) in [5.74, 6) is 2.27. The molecule has 3 aromatic rings. The third-order valence-corrected chi connectivity index (χ3v) is 7.99. The Kier molecular flexibility index (Phi) is 5.40. The topological polar surface area (TPSA) is 54.9 Å². The molecule has 2 saturated carbocycles. The summed E-state index contributed by atoms with van der Waals surface area (Å²) in [6, 6.07) is 10.4. The van der Waals surface area contributed by atoms with Gasteiger partial charge in [-0.05, 0) is 91.3 Å². The van der Waals surface area contributed by atoms with Crippen LogP contribution in [0.2, 0.25) is 5.02 Å². The first-order chi connectivity index (χ1) is 15.3. The van der Waals surface area contributed by atoms with E-state index in [1.165, 1.54) is 11.6 Å². The Hall–Kier alpha value is -2.53. The molecular formula is C26H27ClFN3O. The van der Waals surface area contributed by atoms with Crippen LogP contribution in [-0.2, 0) is 4.79 Å². The third kappa shape index (κ3) is 3.88. The van der Waals surface area contributed by atoms with Gasteiger partial charge in [0.25, 0.3) is 0 Å².